The molecule has 1 saturated heterocycles. The average Bonchev–Trinajstić information content (AvgIpc) is 2.42. The topological polar surface area (TPSA) is 23.5 Å². The lowest BCUT2D eigenvalue weighted by atomic mass is 9.89. The lowest BCUT2D eigenvalue weighted by molar-refractivity contribution is 0.208. The fourth-order valence-corrected chi connectivity index (χ4v) is 3.01. The number of allylic oxidation sites excluding steroid dienone is 1. The fourth-order valence-electron chi connectivity index (χ4n) is 3.01. The van der Waals surface area contributed by atoms with E-state index in [4.69, 9.17) is 0 Å². The molecule has 0 radical (unpaired) electrons. The summed E-state index contributed by atoms with van der Waals surface area (Å²) < 4.78 is 0. The van der Waals surface area contributed by atoms with Crippen LogP contribution in [0.25, 0.3) is 0 Å². The normalized spacial score (nSPS) is 20.4. The second-order valence-electron chi connectivity index (χ2n) is 5.52. The first-order valence-corrected chi connectivity index (χ1v) is 7.39. The Kier molecular flexibility index (Phi) is 5.03. The third kappa shape index (κ3) is 3.60. The number of piperidine rings is 1. The molecule has 0 bridgehead atoms. The average molecular weight is 259 g/mol. The summed E-state index contributed by atoms with van der Waals surface area (Å²) in [7, 11) is 0. The summed E-state index contributed by atoms with van der Waals surface area (Å²) in [5, 5.41) is 10.1. The van der Waals surface area contributed by atoms with Gasteiger partial charge in [0.2, 0.25) is 0 Å². The van der Waals surface area contributed by atoms with E-state index in [0.29, 0.717) is 11.7 Å². The van der Waals surface area contributed by atoms with Gasteiger partial charge in [-0.2, -0.15) is 0 Å². The Labute approximate surface area is 116 Å². The summed E-state index contributed by atoms with van der Waals surface area (Å²) in [6.45, 7) is 9.51. The molecule has 1 N–H and O–H groups in total. The van der Waals surface area contributed by atoms with E-state index in [1.807, 2.05) is 18.2 Å². The van der Waals surface area contributed by atoms with E-state index in [1.165, 1.54) is 37.9 Å². The molecule has 1 aliphatic heterocycles. The van der Waals surface area contributed by atoms with Gasteiger partial charge in [0.1, 0.15) is 5.75 Å². The summed E-state index contributed by atoms with van der Waals surface area (Å²) >= 11 is 0. The van der Waals surface area contributed by atoms with E-state index in [0.717, 1.165) is 18.5 Å². The molecular weight excluding hydrogens is 234 g/mol. The molecule has 0 spiro atoms. The van der Waals surface area contributed by atoms with Gasteiger partial charge in [0.25, 0.3) is 0 Å². The Hall–Kier alpha value is -1.28. The van der Waals surface area contributed by atoms with Crippen LogP contribution in [0.15, 0.2) is 30.9 Å². The van der Waals surface area contributed by atoms with Gasteiger partial charge in [0, 0.05) is 6.54 Å². The number of nitrogens with zero attached hydrogens (tertiary/aromatic N) is 1. The predicted octanol–water partition coefficient (Wildman–Crippen LogP) is 3.71. The summed E-state index contributed by atoms with van der Waals surface area (Å²) in [6, 6.07) is 6.18. The van der Waals surface area contributed by atoms with Crippen molar-refractivity contribution < 1.29 is 5.11 Å². The van der Waals surface area contributed by atoms with Crippen LogP contribution >= 0.6 is 0 Å². The van der Waals surface area contributed by atoms with Crippen LogP contribution in [0.5, 0.6) is 5.75 Å². The molecule has 1 heterocycles. The van der Waals surface area contributed by atoms with Gasteiger partial charge in [-0.05, 0) is 61.9 Å². The molecule has 104 valence electrons. The van der Waals surface area contributed by atoms with Crippen molar-refractivity contribution in [2.45, 2.75) is 38.5 Å². The quantitative estimate of drug-likeness (QED) is 0.815. The molecular formula is C17H25NO. The third-order valence-corrected chi connectivity index (χ3v) is 3.99. The van der Waals surface area contributed by atoms with E-state index in [1.54, 1.807) is 0 Å². The number of hydrogen-bond donors (Lipinski definition) is 1. The lowest BCUT2D eigenvalue weighted by Crippen LogP contribution is -2.34. The number of rotatable bonds is 5. The molecule has 1 aromatic carbocycles. The van der Waals surface area contributed by atoms with E-state index >= 15 is 0 Å². The second-order valence-corrected chi connectivity index (χ2v) is 5.52. The highest BCUT2D eigenvalue weighted by Crippen LogP contribution is 2.30. The first-order chi connectivity index (χ1) is 9.24. The van der Waals surface area contributed by atoms with Crippen molar-refractivity contribution >= 4 is 0 Å². The number of likely N-dealkylation sites (tertiary alicyclic amines) is 1. The van der Waals surface area contributed by atoms with Gasteiger partial charge in [-0.3, -0.25) is 0 Å². The van der Waals surface area contributed by atoms with Crippen molar-refractivity contribution in [3.05, 3.63) is 42.0 Å². The second kappa shape index (κ2) is 6.76. The van der Waals surface area contributed by atoms with Crippen molar-refractivity contribution in [3.63, 3.8) is 0 Å². The van der Waals surface area contributed by atoms with Crippen molar-refractivity contribution in [3.8, 4) is 5.75 Å². The number of hydrogen-bond acceptors (Lipinski definition) is 2. The van der Waals surface area contributed by atoms with Crippen LogP contribution in [0, 0.1) is 0 Å². The minimum Gasteiger partial charge on any atom is -0.508 e. The van der Waals surface area contributed by atoms with Crippen LogP contribution in [0.3, 0.4) is 0 Å². The summed E-state index contributed by atoms with van der Waals surface area (Å²) in [4.78, 5) is 2.54. The molecule has 2 rings (SSSR count). The van der Waals surface area contributed by atoms with Crippen molar-refractivity contribution in [1.29, 1.82) is 0 Å². The smallest absolute Gasteiger partial charge is 0.119 e. The van der Waals surface area contributed by atoms with Gasteiger partial charge >= 0.3 is 0 Å². The molecule has 0 aromatic heterocycles. The summed E-state index contributed by atoms with van der Waals surface area (Å²) in [5.41, 5.74) is 2.26. The molecule has 19 heavy (non-hydrogen) atoms. The van der Waals surface area contributed by atoms with Crippen LogP contribution in [0.4, 0.5) is 0 Å². The zero-order valence-corrected chi connectivity index (χ0v) is 11.9. The molecule has 0 amide bonds. The molecule has 1 unspecified atom stereocenters. The molecule has 1 aliphatic rings. The summed E-state index contributed by atoms with van der Waals surface area (Å²) in [5.74, 6) is 0.994. The van der Waals surface area contributed by atoms with E-state index < -0.39 is 0 Å². The maximum atomic E-state index is 10.1. The van der Waals surface area contributed by atoms with Crippen molar-refractivity contribution in [1.82, 2.24) is 4.90 Å². The van der Waals surface area contributed by atoms with Gasteiger partial charge < -0.3 is 10.0 Å². The van der Waals surface area contributed by atoms with Gasteiger partial charge in [-0.25, -0.2) is 0 Å². The molecule has 0 aliphatic carbocycles. The lowest BCUT2D eigenvalue weighted by Gasteiger charge is -2.32. The Morgan fingerprint density at radius 2 is 2.32 bits per heavy atom. The molecule has 1 aromatic rings. The van der Waals surface area contributed by atoms with Gasteiger partial charge in [0.15, 0.2) is 0 Å². The first-order valence-electron chi connectivity index (χ1n) is 7.39. The Morgan fingerprint density at radius 3 is 3.00 bits per heavy atom. The van der Waals surface area contributed by atoms with Gasteiger partial charge in [-0.15, -0.1) is 6.58 Å². The predicted molar refractivity (Wildman–Crippen MR) is 80.7 cm³/mol. The maximum Gasteiger partial charge on any atom is 0.119 e. The van der Waals surface area contributed by atoms with Crippen molar-refractivity contribution in [2.24, 2.45) is 0 Å². The van der Waals surface area contributed by atoms with Crippen LogP contribution in [0.2, 0.25) is 0 Å². The fraction of sp³-hybridized carbons (Fsp3) is 0.529. The Bertz CT molecular complexity index is 425. The number of aromatic hydroxyl groups is 1. The van der Waals surface area contributed by atoms with E-state index in [-0.39, 0.29) is 0 Å². The summed E-state index contributed by atoms with van der Waals surface area (Å²) in [6.07, 6.45) is 6.29. The largest absolute Gasteiger partial charge is 0.508 e. The highest BCUT2D eigenvalue weighted by Gasteiger charge is 2.21. The highest BCUT2D eigenvalue weighted by molar-refractivity contribution is 5.39. The van der Waals surface area contributed by atoms with Crippen LogP contribution < -0.4 is 0 Å². The minimum atomic E-state index is 0.421. The monoisotopic (exact) mass is 259 g/mol. The standard InChI is InChI=1S/C17H25NO/c1-3-6-14-8-9-15(12-17(14)19)16-7-5-11-18(13-16)10-4-2/h3,8-9,12,16,19H,1,4-7,10-11,13H2,2H3. The SMILES string of the molecule is C=CCc1ccc(C2CCCN(CCC)C2)cc1O. The maximum absolute atomic E-state index is 10.1. The third-order valence-electron chi connectivity index (χ3n) is 3.99. The van der Waals surface area contributed by atoms with Gasteiger partial charge in [0.05, 0.1) is 0 Å². The Balaban J connectivity index is 2.08. The van der Waals surface area contributed by atoms with E-state index in [2.05, 4.69) is 24.5 Å². The van der Waals surface area contributed by atoms with Crippen LogP contribution in [-0.4, -0.2) is 29.6 Å². The highest BCUT2D eigenvalue weighted by atomic mass is 16.3. The molecule has 1 fully saturated rings. The zero-order chi connectivity index (χ0) is 13.7. The zero-order valence-electron chi connectivity index (χ0n) is 11.9. The Morgan fingerprint density at radius 1 is 1.47 bits per heavy atom. The number of phenols is 1. The van der Waals surface area contributed by atoms with Gasteiger partial charge in [-0.1, -0.05) is 25.1 Å². The number of phenolic OH excluding ortho intramolecular Hbond substituents is 1. The van der Waals surface area contributed by atoms with Crippen LogP contribution in [-0.2, 0) is 6.42 Å². The number of benzene rings is 1. The molecule has 2 nitrogen and oxygen atoms in total. The molecule has 1 atom stereocenters. The van der Waals surface area contributed by atoms with Crippen molar-refractivity contribution in [2.75, 3.05) is 19.6 Å². The minimum absolute atomic E-state index is 0.421. The molecule has 0 saturated carbocycles. The first kappa shape index (κ1) is 14.1. The van der Waals surface area contributed by atoms with Crippen LogP contribution in [0.1, 0.15) is 43.2 Å². The van der Waals surface area contributed by atoms with E-state index in [9.17, 15) is 5.11 Å². The molecule has 2 heteroatoms.